The molecular formula is C7H12N+. The zero-order chi connectivity index (χ0) is 5.82. The summed E-state index contributed by atoms with van der Waals surface area (Å²) in [7, 11) is 0. The molecule has 8 heavy (non-hydrogen) atoms. The summed E-state index contributed by atoms with van der Waals surface area (Å²) in [6, 6.07) is 0. The van der Waals surface area contributed by atoms with E-state index in [0.717, 1.165) is 6.54 Å². The highest BCUT2D eigenvalue weighted by Gasteiger charge is 2.11. The monoisotopic (exact) mass is 110 g/mol. The van der Waals surface area contributed by atoms with Crippen molar-refractivity contribution in [3.05, 3.63) is 0 Å². The molecule has 0 radical (unpaired) electrons. The average Bonchev–Trinajstić information content (AvgIpc) is 1.90. The molecule has 1 heterocycles. The summed E-state index contributed by atoms with van der Waals surface area (Å²) in [6.07, 6.45) is 7.78. The standard InChI is InChI=1S/C7H11N/c1-2-7-4-3-5-8-6-7/h1,7-8H,3-6H2/p+1/t7-/m0/s1. The van der Waals surface area contributed by atoms with E-state index in [9.17, 15) is 0 Å². The Morgan fingerprint density at radius 2 is 2.50 bits per heavy atom. The van der Waals surface area contributed by atoms with Gasteiger partial charge in [0.15, 0.2) is 0 Å². The van der Waals surface area contributed by atoms with Crippen molar-refractivity contribution in [2.75, 3.05) is 13.1 Å². The number of rotatable bonds is 0. The Labute approximate surface area is 50.5 Å². The van der Waals surface area contributed by atoms with Gasteiger partial charge in [0.1, 0.15) is 0 Å². The van der Waals surface area contributed by atoms with Gasteiger partial charge in [-0.15, -0.1) is 6.42 Å². The Bertz CT molecular complexity index is 95.4. The zero-order valence-corrected chi connectivity index (χ0v) is 5.06. The Kier molecular flexibility index (Phi) is 1.93. The number of hydrogen-bond donors (Lipinski definition) is 1. The summed E-state index contributed by atoms with van der Waals surface area (Å²) >= 11 is 0. The lowest BCUT2D eigenvalue weighted by Gasteiger charge is -2.13. The van der Waals surface area contributed by atoms with Gasteiger partial charge in [-0.05, 0) is 12.8 Å². The maximum absolute atomic E-state index is 5.23. The van der Waals surface area contributed by atoms with Gasteiger partial charge in [0.2, 0.25) is 0 Å². The average molecular weight is 110 g/mol. The fourth-order valence-electron chi connectivity index (χ4n) is 1.10. The normalized spacial score (nSPS) is 29.1. The number of hydrogen-bond acceptors (Lipinski definition) is 0. The van der Waals surface area contributed by atoms with Gasteiger partial charge in [-0.25, -0.2) is 0 Å². The third-order valence-electron chi connectivity index (χ3n) is 1.65. The predicted molar refractivity (Wildman–Crippen MR) is 33.2 cm³/mol. The predicted octanol–water partition coefficient (Wildman–Crippen LogP) is -0.407. The Balaban J connectivity index is 2.25. The molecule has 0 aromatic rings. The highest BCUT2D eigenvalue weighted by molar-refractivity contribution is 4.92. The topological polar surface area (TPSA) is 16.6 Å². The van der Waals surface area contributed by atoms with E-state index in [1.165, 1.54) is 19.4 Å². The molecule has 1 aliphatic heterocycles. The van der Waals surface area contributed by atoms with E-state index < -0.39 is 0 Å². The number of quaternary nitrogens is 1. The van der Waals surface area contributed by atoms with E-state index >= 15 is 0 Å². The molecule has 0 aliphatic carbocycles. The quantitative estimate of drug-likeness (QED) is 0.408. The van der Waals surface area contributed by atoms with Crippen LogP contribution in [0.15, 0.2) is 0 Å². The maximum atomic E-state index is 5.23. The summed E-state index contributed by atoms with van der Waals surface area (Å²) in [6.45, 7) is 2.43. The van der Waals surface area contributed by atoms with E-state index in [-0.39, 0.29) is 0 Å². The third-order valence-corrected chi connectivity index (χ3v) is 1.65. The first-order chi connectivity index (χ1) is 3.93. The van der Waals surface area contributed by atoms with Crippen LogP contribution < -0.4 is 5.32 Å². The summed E-state index contributed by atoms with van der Waals surface area (Å²) in [5, 5.41) is 2.30. The minimum absolute atomic E-state index is 0.559. The molecule has 0 spiro atoms. The van der Waals surface area contributed by atoms with Crippen LogP contribution >= 0.6 is 0 Å². The molecule has 1 fully saturated rings. The van der Waals surface area contributed by atoms with Crippen molar-refractivity contribution in [2.24, 2.45) is 5.92 Å². The smallest absolute Gasteiger partial charge is 0.0895 e. The SMILES string of the molecule is C#C[C@H]1CCC[NH2+]C1. The number of piperidine rings is 1. The van der Waals surface area contributed by atoms with Crippen LogP contribution in [0, 0.1) is 18.3 Å². The molecule has 1 atom stereocenters. The van der Waals surface area contributed by atoms with Crippen molar-refractivity contribution >= 4 is 0 Å². The molecular weight excluding hydrogens is 98.1 g/mol. The van der Waals surface area contributed by atoms with Gasteiger partial charge in [-0.2, -0.15) is 0 Å². The molecule has 1 saturated heterocycles. The molecule has 2 N–H and O–H groups in total. The van der Waals surface area contributed by atoms with E-state index in [4.69, 9.17) is 6.42 Å². The van der Waals surface area contributed by atoms with E-state index in [0.29, 0.717) is 5.92 Å². The van der Waals surface area contributed by atoms with Crippen molar-refractivity contribution in [3.8, 4) is 12.3 Å². The van der Waals surface area contributed by atoms with Crippen LogP contribution in [-0.2, 0) is 0 Å². The van der Waals surface area contributed by atoms with E-state index in [2.05, 4.69) is 11.2 Å². The summed E-state index contributed by atoms with van der Waals surface area (Å²) < 4.78 is 0. The van der Waals surface area contributed by atoms with Crippen molar-refractivity contribution in [2.45, 2.75) is 12.8 Å². The summed E-state index contributed by atoms with van der Waals surface area (Å²) in [4.78, 5) is 0. The molecule has 0 unspecified atom stereocenters. The van der Waals surface area contributed by atoms with Crippen molar-refractivity contribution in [1.29, 1.82) is 0 Å². The second-order valence-corrected chi connectivity index (χ2v) is 2.32. The van der Waals surface area contributed by atoms with Gasteiger partial charge >= 0.3 is 0 Å². The molecule has 0 amide bonds. The van der Waals surface area contributed by atoms with Crippen molar-refractivity contribution in [3.63, 3.8) is 0 Å². The minimum atomic E-state index is 0.559. The Hall–Kier alpha value is -0.480. The van der Waals surface area contributed by atoms with Gasteiger partial charge in [0.25, 0.3) is 0 Å². The lowest BCUT2D eigenvalue weighted by atomic mass is 10.0. The van der Waals surface area contributed by atoms with Crippen LogP contribution in [0.25, 0.3) is 0 Å². The van der Waals surface area contributed by atoms with Gasteiger partial charge < -0.3 is 5.32 Å². The maximum Gasteiger partial charge on any atom is 0.0895 e. The second-order valence-electron chi connectivity index (χ2n) is 2.32. The largest absolute Gasteiger partial charge is 0.345 e. The third kappa shape index (κ3) is 1.24. The highest BCUT2D eigenvalue weighted by atomic mass is 14.9. The molecule has 0 aromatic heterocycles. The molecule has 44 valence electrons. The van der Waals surface area contributed by atoms with Crippen molar-refractivity contribution in [1.82, 2.24) is 0 Å². The number of nitrogens with two attached hydrogens (primary N) is 1. The van der Waals surface area contributed by atoms with Crippen LogP contribution in [0.3, 0.4) is 0 Å². The van der Waals surface area contributed by atoms with Gasteiger partial charge in [-0.3, -0.25) is 0 Å². The van der Waals surface area contributed by atoms with Crippen LogP contribution in [-0.4, -0.2) is 13.1 Å². The molecule has 0 saturated carbocycles. The van der Waals surface area contributed by atoms with Crippen LogP contribution in [0.1, 0.15) is 12.8 Å². The molecule has 0 bridgehead atoms. The highest BCUT2D eigenvalue weighted by Crippen LogP contribution is 2.02. The molecule has 1 aliphatic rings. The lowest BCUT2D eigenvalue weighted by Crippen LogP contribution is -2.87. The van der Waals surface area contributed by atoms with Gasteiger partial charge in [0, 0.05) is 0 Å². The van der Waals surface area contributed by atoms with Crippen LogP contribution in [0.5, 0.6) is 0 Å². The summed E-state index contributed by atoms with van der Waals surface area (Å²) in [5.41, 5.74) is 0. The lowest BCUT2D eigenvalue weighted by molar-refractivity contribution is -0.666. The second kappa shape index (κ2) is 2.74. The molecule has 1 rings (SSSR count). The molecule has 0 aromatic carbocycles. The first-order valence-electron chi connectivity index (χ1n) is 3.21. The number of terminal acetylenes is 1. The zero-order valence-electron chi connectivity index (χ0n) is 5.06. The Morgan fingerprint density at radius 3 is 2.88 bits per heavy atom. The molecule has 1 heteroatoms. The summed E-state index contributed by atoms with van der Waals surface area (Å²) in [5.74, 6) is 3.33. The Morgan fingerprint density at radius 1 is 1.62 bits per heavy atom. The van der Waals surface area contributed by atoms with E-state index in [1.807, 2.05) is 0 Å². The fourth-order valence-corrected chi connectivity index (χ4v) is 1.10. The first kappa shape index (κ1) is 5.65. The fraction of sp³-hybridized carbons (Fsp3) is 0.714. The van der Waals surface area contributed by atoms with Crippen molar-refractivity contribution < 1.29 is 5.32 Å². The van der Waals surface area contributed by atoms with Crippen LogP contribution in [0.2, 0.25) is 0 Å². The minimum Gasteiger partial charge on any atom is -0.345 e. The molecule has 1 nitrogen and oxygen atoms in total. The first-order valence-corrected chi connectivity index (χ1v) is 3.21. The van der Waals surface area contributed by atoms with Crippen LogP contribution in [0.4, 0.5) is 0 Å². The van der Waals surface area contributed by atoms with Gasteiger partial charge in [-0.1, -0.05) is 5.92 Å². The van der Waals surface area contributed by atoms with E-state index in [1.54, 1.807) is 0 Å². The van der Waals surface area contributed by atoms with Gasteiger partial charge in [0.05, 0.1) is 19.0 Å².